The molecule has 1 N–H and O–H groups in total. The number of para-hydroxylation sites is 1. The third-order valence-corrected chi connectivity index (χ3v) is 2.87. The third kappa shape index (κ3) is 2.64. The number of benzene rings is 1. The van der Waals surface area contributed by atoms with Gasteiger partial charge in [0.05, 0.1) is 11.3 Å². The van der Waals surface area contributed by atoms with E-state index in [-0.39, 0.29) is 11.4 Å². The van der Waals surface area contributed by atoms with Gasteiger partial charge in [-0.2, -0.15) is 35.6 Å². The van der Waals surface area contributed by atoms with Crippen LogP contribution in [0.1, 0.15) is 11.3 Å². The Morgan fingerprint density at radius 3 is 2.55 bits per heavy atom. The Kier molecular flexibility index (Phi) is 3.76. The monoisotopic (exact) mass is 302 g/mol. The number of nitrogens with zero attached hydrogens (tertiary/aromatic N) is 2. The normalized spacial score (nSPS) is 11.6. The van der Waals surface area contributed by atoms with Crippen LogP contribution in [0.15, 0.2) is 35.1 Å². The van der Waals surface area contributed by atoms with Crippen LogP contribution in [0.2, 0.25) is 0 Å². The van der Waals surface area contributed by atoms with Gasteiger partial charge in [0.25, 0.3) is 5.56 Å². The van der Waals surface area contributed by atoms with E-state index in [2.05, 4.69) is 17.7 Å². The molecule has 2 rings (SSSR count). The van der Waals surface area contributed by atoms with Crippen LogP contribution in [0.25, 0.3) is 5.69 Å². The van der Waals surface area contributed by atoms with Crippen LogP contribution in [0.3, 0.4) is 0 Å². The van der Waals surface area contributed by atoms with Crippen LogP contribution in [0, 0.1) is 0 Å². The van der Waals surface area contributed by atoms with Crippen molar-refractivity contribution in [1.82, 2.24) is 9.78 Å². The van der Waals surface area contributed by atoms with Crippen LogP contribution in [-0.2, 0) is 11.9 Å². The summed E-state index contributed by atoms with van der Waals surface area (Å²) in [5.74, 6) is -0.411. The van der Waals surface area contributed by atoms with Gasteiger partial charge in [-0.15, -0.1) is 0 Å². The Morgan fingerprint density at radius 2 is 1.95 bits per heavy atom. The summed E-state index contributed by atoms with van der Waals surface area (Å²) in [6.07, 6.45) is -4.61. The first-order valence-corrected chi connectivity index (χ1v) is 6.07. The molecular formula is C12H9F3N2O2S. The molecule has 4 nitrogen and oxygen atoms in total. The minimum absolute atomic E-state index is 0.0136. The second kappa shape index (κ2) is 5.20. The minimum Gasteiger partial charge on any atom is -0.506 e. The number of rotatable bonds is 2. The fourth-order valence-electron chi connectivity index (χ4n) is 1.67. The van der Waals surface area contributed by atoms with Gasteiger partial charge in [0.2, 0.25) is 0 Å². The van der Waals surface area contributed by atoms with Gasteiger partial charge in [0.15, 0.2) is 0 Å². The topological polar surface area (TPSA) is 55.1 Å². The Labute approximate surface area is 116 Å². The second-order valence-corrected chi connectivity index (χ2v) is 4.22. The average Bonchev–Trinajstić information content (AvgIpc) is 2.38. The third-order valence-electron chi connectivity index (χ3n) is 2.57. The van der Waals surface area contributed by atoms with Crippen molar-refractivity contribution >= 4 is 12.6 Å². The van der Waals surface area contributed by atoms with Crippen LogP contribution < -0.4 is 5.56 Å². The van der Waals surface area contributed by atoms with Gasteiger partial charge in [-0.1, -0.05) is 12.1 Å². The maximum atomic E-state index is 12.9. The first-order valence-electron chi connectivity index (χ1n) is 5.44. The molecule has 20 heavy (non-hydrogen) atoms. The molecule has 0 fully saturated rings. The molecule has 106 valence electrons. The van der Waals surface area contributed by atoms with Gasteiger partial charge in [0, 0.05) is 11.8 Å². The predicted molar refractivity (Wildman–Crippen MR) is 69.2 cm³/mol. The van der Waals surface area contributed by atoms with E-state index < -0.39 is 28.7 Å². The van der Waals surface area contributed by atoms with E-state index in [4.69, 9.17) is 0 Å². The lowest BCUT2D eigenvalue weighted by molar-refractivity contribution is -0.137. The van der Waals surface area contributed by atoms with Crippen molar-refractivity contribution in [3.63, 3.8) is 0 Å². The van der Waals surface area contributed by atoms with Crippen LogP contribution in [0.5, 0.6) is 5.75 Å². The second-order valence-electron chi connectivity index (χ2n) is 3.90. The predicted octanol–water partition coefficient (Wildman–Crippen LogP) is 2.39. The standard InChI is InChI=1S/C12H9F3N2O2S/c13-12(14,15)7-3-1-2-4-9(7)17-11(19)5-10(18)8(6-20)16-17/h1-5,18,20H,6H2. The summed E-state index contributed by atoms with van der Waals surface area (Å²) < 4.78 is 39.4. The highest BCUT2D eigenvalue weighted by molar-refractivity contribution is 7.79. The van der Waals surface area contributed by atoms with Gasteiger partial charge in [-0.25, -0.2) is 0 Å². The van der Waals surface area contributed by atoms with E-state index in [9.17, 15) is 23.1 Å². The first kappa shape index (κ1) is 14.4. The number of hydrogen-bond donors (Lipinski definition) is 2. The molecule has 0 amide bonds. The van der Waals surface area contributed by atoms with E-state index in [1.54, 1.807) is 0 Å². The zero-order valence-corrected chi connectivity index (χ0v) is 10.8. The highest BCUT2D eigenvalue weighted by Crippen LogP contribution is 2.33. The van der Waals surface area contributed by atoms with E-state index in [1.807, 2.05) is 0 Å². The van der Waals surface area contributed by atoms with Crippen molar-refractivity contribution in [2.24, 2.45) is 0 Å². The Bertz CT molecular complexity index is 698. The Hall–Kier alpha value is -1.96. The van der Waals surface area contributed by atoms with Crippen LogP contribution in [-0.4, -0.2) is 14.9 Å². The smallest absolute Gasteiger partial charge is 0.418 e. The minimum atomic E-state index is -4.61. The molecule has 1 aromatic heterocycles. The first-order chi connectivity index (χ1) is 9.34. The lowest BCUT2D eigenvalue weighted by atomic mass is 10.1. The summed E-state index contributed by atoms with van der Waals surface area (Å²) in [5.41, 5.74) is -2.21. The molecule has 8 heteroatoms. The molecule has 1 heterocycles. The van der Waals surface area contributed by atoms with E-state index in [1.165, 1.54) is 12.1 Å². The molecule has 0 saturated carbocycles. The van der Waals surface area contributed by atoms with Crippen molar-refractivity contribution in [2.75, 3.05) is 0 Å². The molecule has 0 aliphatic heterocycles. The fraction of sp³-hybridized carbons (Fsp3) is 0.167. The van der Waals surface area contributed by atoms with Crippen molar-refractivity contribution in [3.8, 4) is 11.4 Å². The quantitative estimate of drug-likeness (QED) is 0.838. The lowest BCUT2D eigenvalue weighted by Crippen LogP contribution is -2.24. The maximum absolute atomic E-state index is 12.9. The van der Waals surface area contributed by atoms with Crippen molar-refractivity contribution in [2.45, 2.75) is 11.9 Å². The summed E-state index contributed by atoms with van der Waals surface area (Å²) in [5, 5.41) is 13.2. The average molecular weight is 302 g/mol. The zero-order chi connectivity index (χ0) is 14.9. The Morgan fingerprint density at radius 1 is 1.30 bits per heavy atom. The van der Waals surface area contributed by atoms with Gasteiger partial charge in [0.1, 0.15) is 11.4 Å². The number of halogens is 3. The zero-order valence-electron chi connectivity index (χ0n) is 9.92. The number of alkyl halides is 3. The summed E-state index contributed by atoms with van der Waals surface area (Å²) >= 11 is 3.90. The molecule has 0 bridgehead atoms. The lowest BCUT2D eigenvalue weighted by Gasteiger charge is -2.14. The molecule has 0 aliphatic carbocycles. The number of thiol groups is 1. The molecule has 1 aromatic carbocycles. The molecule has 2 aromatic rings. The van der Waals surface area contributed by atoms with E-state index in [0.29, 0.717) is 4.68 Å². The SMILES string of the molecule is O=c1cc(O)c(CS)nn1-c1ccccc1C(F)(F)F. The van der Waals surface area contributed by atoms with Gasteiger partial charge in [-0.05, 0) is 12.1 Å². The summed E-state index contributed by atoms with van der Waals surface area (Å²) in [7, 11) is 0. The van der Waals surface area contributed by atoms with E-state index in [0.717, 1.165) is 18.2 Å². The summed E-state index contributed by atoms with van der Waals surface area (Å²) in [6.45, 7) is 0. The fourth-order valence-corrected chi connectivity index (χ4v) is 1.89. The molecule has 0 aliphatic rings. The summed E-state index contributed by atoms with van der Waals surface area (Å²) in [6, 6.07) is 5.39. The molecule has 0 unspecified atom stereocenters. The highest BCUT2D eigenvalue weighted by Gasteiger charge is 2.34. The van der Waals surface area contributed by atoms with Crippen molar-refractivity contribution in [3.05, 3.63) is 51.9 Å². The summed E-state index contributed by atoms with van der Waals surface area (Å²) in [4.78, 5) is 11.7. The molecule has 0 spiro atoms. The van der Waals surface area contributed by atoms with E-state index >= 15 is 0 Å². The van der Waals surface area contributed by atoms with Gasteiger partial charge < -0.3 is 5.11 Å². The van der Waals surface area contributed by atoms with Crippen LogP contribution >= 0.6 is 12.6 Å². The molecule has 0 atom stereocenters. The molecule has 0 radical (unpaired) electrons. The van der Waals surface area contributed by atoms with Crippen molar-refractivity contribution in [1.29, 1.82) is 0 Å². The van der Waals surface area contributed by atoms with Crippen LogP contribution in [0.4, 0.5) is 13.2 Å². The number of hydrogen-bond acceptors (Lipinski definition) is 4. The highest BCUT2D eigenvalue weighted by atomic mass is 32.1. The molecule has 0 saturated heterocycles. The largest absolute Gasteiger partial charge is 0.506 e. The number of aromatic nitrogens is 2. The molecular weight excluding hydrogens is 293 g/mol. The van der Waals surface area contributed by atoms with Crippen molar-refractivity contribution < 1.29 is 18.3 Å². The number of aromatic hydroxyl groups is 1. The van der Waals surface area contributed by atoms with Gasteiger partial charge in [-0.3, -0.25) is 4.79 Å². The maximum Gasteiger partial charge on any atom is 0.418 e. The van der Waals surface area contributed by atoms with Gasteiger partial charge >= 0.3 is 6.18 Å². The Balaban J connectivity index is 2.73.